The van der Waals surface area contributed by atoms with Gasteiger partial charge in [-0.2, -0.15) is 0 Å². The van der Waals surface area contributed by atoms with E-state index in [4.69, 9.17) is 0 Å². The number of carbonyl (C=O) groups excluding carboxylic acids is 1. The van der Waals surface area contributed by atoms with Crippen molar-refractivity contribution in [3.63, 3.8) is 0 Å². The van der Waals surface area contributed by atoms with Crippen LogP contribution < -0.4 is 25.1 Å². The highest BCUT2D eigenvalue weighted by atomic mass is 32.1. The Hall–Kier alpha value is -3.19. The van der Waals surface area contributed by atoms with Crippen molar-refractivity contribution in [2.75, 3.05) is 16.9 Å². The number of thiazole rings is 1. The van der Waals surface area contributed by atoms with E-state index in [-0.39, 0.29) is 11.5 Å². The number of hydrogen-bond donors (Lipinski definition) is 1. The maximum Gasteiger partial charge on any atom is 0.272 e. The van der Waals surface area contributed by atoms with Crippen LogP contribution >= 0.6 is 11.3 Å². The van der Waals surface area contributed by atoms with Crippen LogP contribution in [0.15, 0.2) is 58.3 Å². The third-order valence-corrected chi connectivity index (χ3v) is 6.28. The second-order valence-electron chi connectivity index (χ2n) is 6.82. The van der Waals surface area contributed by atoms with Crippen molar-refractivity contribution in [3.05, 3.63) is 79.3 Å². The Bertz CT molecular complexity index is 1270. The molecule has 0 saturated heterocycles. The molecular weight excluding hydrogens is 372 g/mol. The molecule has 6 nitrogen and oxygen atoms in total. The molecule has 3 heterocycles. The summed E-state index contributed by atoms with van der Waals surface area (Å²) in [6.45, 7) is 3.04. The van der Waals surface area contributed by atoms with Crippen molar-refractivity contribution in [1.82, 2.24) is 4.57 Å². The number of nitrogens with one attached hydrogen (secondary N) is 1. The zero-order chi connectivity index (χ0) is 19.3. The van der Waals surface area contributed by atoms with Crippen LogP contribution in [0.2, 0.25) is 0 Å². The highest BCUT2D eigenvalue weighted by molar-refractivity contribution is 7.07. The number of rotatable bonds is 2. The summed E-state index contributed by atoms with van der Waals surface area (Å²) in [4.78, 5) is 32.9. The Balaban J connectivity index is 1.60. The highest BCUT2D eigenvalue weighted by Crippen LogP contribution is 2.29. The van der Waals surface area contributed by atoms with Gasteiger partial charge in [-0.1, -0.05) is 48.6 Å². The smallest absolute Gasteiger partial charge is 0.272 e. The molecule has 3 aromatic rings. The Kier molecular flexibility index (Phi) is 3.91. The molecular formula is C21H18N4O2S. The molecule has 1 N–H and O–H groups in total. The van der Waals surface area contributed by atoms with Gasteiger partial charge in [0.05, 0.1) is 5.57 Å². The second kappa shape index (κ2) is 6.45. The summed E-state index contributed by atoms with van der Waals surface area (Å²) in [5.74, 6) is -0.232. The average Bonchev–Trinajstić information content (AvgIpc) is 3.23. The first-order valence-electron chi connectivity index (χ1n) is 9.19. The van der Waals surface area contributed by atoms with E-state index in [9.17, 15) is 9.59 Å². The third-order valence-electron chi connectivity index (χ3n) is 5.16. The summed E-state index contributed by atoms with van der Waals surface area (Å²) in [5.41, 5.74) is 4.10. The van der Waals surface area contributed by atoms with Gasteiger partial charge in [-0.05, 0) is 30.2 Å². The lowest BCUT2D eigenvalue weighted by atomic mass is 10.1. The third kappa shape index (κ3) is 2.58. The van der Waals surface area contributed by atoms with E-state index in [0.717, 1.165) is 23.4 Å². The number of carbonyl (C=O) groups is 1. The fourth-order valence-electron chi connectivity index (χ4n) is 3.61. The van der Waals surface area contributed by atoms with E-state index in [1.54, 1.807) is 4.57 Å². The van der Waals surface area contributed by atoms with Gasteiger partial charge in [0.2, 0.25) is 0 Å². The van der Waals surface area contributed by atoms with Gasteiger partial charge in [-0.15, -0.1) is 0 Å². The van der Waals surface area contributed by atoms with Gasteiger partial charge in [0.15, 0.2) is 4.80 Å². The van der Waals surface area contributed by atoms with E-state index in [2.05, 4.69) is 46.4 Å². The molecule has 140 valence electrons. The number of nitrogens with zero attached hydrogens (tertiary/aromatic N) is 3. The number of fused-ring (bicyclic) bond motifs is 2. The number of benzene rings is 2. The first-order chi connectivity index (χ1) is 13.7. The fraction of sp³-hybridized carbons (Fsp3) is 0.190. The van der Waals surface area contributed by atoms with Crippen molar-refractivity contribution >= 4 is 34.2 Å². The summed E-state index contributed by atoms with van der Waals surface area (Å²) in [6, 6.07) is 15.8. The Labute approximate surface area is 165 Å². The van der Waals surface area contributed by atoms with E-state index in [0.29, 0.717) is 28.2 Å². The quantitative estimate of drug-likeness (QED) is 0.724. The van der Waals surface area contributed by atoms with Gasteiger partial charge in [0, 0.05) is 16.9 Å². The highest BCUT2D eigenvalue weighted by Gasteiger charge is 2.27. The van der Waals surface area contributed by atoms with Crippen LogP contribution in [0, 0.1) is 0 Å². The maximum atomic E-state index is 13.1. The molecule has 0 saturated carbocycles. The van der Waals surface area contributed by atoms with Crippen LogP contribution in [0.25, 0.3) is 5.57 Å². The molecule has 2 aliphatic heterocycles. The fourth-order valence-corrected chi connectivity index (χ4v) is 4.67. The predicted octanol–water partition coefficient (Wildman–Crippen LogP) is 1.68. The van der Waals surface area contributed by atoms with Crippen molar-refractivity contribution in [3.8, 4) is 0 Å². The molecule has 0 unspecified atom stereocenters. The van der Waals surface area contributed by atoms with E-state index >= 15 is 0 Å². The molecule has 1 amide bonds. The molecule has 5 rings (SSSR count). The normalized spacial score (nSPS) is 17.0. The summed E-state index contributed by atoms with van der Waals surface area (Å²) in [7, 11) is 0. The zero-order valence-electron chi connectivity index (χ0n) is 15.3. The molecule has 2 aromatic carbocycles. The van der Waals surface area contributed by atoms with Crippen molar-refractivity contribution in [1.29, 1.82) is 0 Å². The monoisotopic (exact) mass is 390 g/mol. The number of hydrogen-bond acceptors (Lipinski definition) is 5. The number of anilines is 2. The number of aromatic nitrogens is 1. The van der Waals surface area contributed by atoms with E-state index in [1.165, 1.54) is 16.9 Å². The van der Waals surface area contributed by atoms with Crippen LogP contribution in [0.1, 0.15) is 18.1 Å². The Morgan fingerprint density at radius 3 is 2.68 bits per heavy atom. The van der Waals surface area contributed by atoms with Crippen LogP contribution in [0.5, 0.6) is 0 Å². The van der Waals surface area contributed by atoms with Crippen molar-refractivity contribution < 1.29 is 4.79 Å². The zero-order valence-corrected chi connectivity index (χ0v) is 16.1. The SMILES string of the molecule is CCc1ccc(N2CN=c3s/c(=C4\C(=O)Nc5ccccc54)c(=O)n3C2)cc1. The summed E-state index contributed by atoms with van der Waals surface area (Å²) in [6.07, 6.45) is 0.990. The molecule has 0 aliphatic carbocycles. The first kappa shape index (κ1) is 16.9. The summed E-state index contributed by atoms with van der Waals surface area (Å²) < 4.78 is 2.10. The number of aryl methyl sites for hydroxylation is 1. The van der Waals surface area contributed by atoms with Gasteiger partial charge < -0.3 is 10.2 Å². The second-order valence-corrected chi connectivity index (χ2v) is 7.80. The lowest BCUT2D eigenvalue weighted by molar-refractivity contribution is -0.110. The molecule has 2 aliphatic rings. The van der Waals surface area contributed by atoms with Crippen molar-refractivity contribution in [2.24, 2.45) is 4.99 Å². The van der Waals surface area contributed by atoms with Gasteiger partial charge in [-0.3, -0.25) is 14.2 Å². The molecule has 0 atom stereocenters. The van der Waals surface area contributed by atoms with Gasteiger partial charge in [0.25, 0.3) is 11.5 Å². The minimum Gasteiger partial charge on any atom is -0.334 e. The Morgan fingerprint density at radius 1 is 1.11 bits per heavy atom. The minimum absolute atomic E-state index is 0.166. The summed E-state index contributed by atoms with van der Waals surface area (Å²) in [5, 5.41) is 2.84. The van der Waals surface area contributed by atoms with Gasteiger partial charge in [-0.25, -0.2) is 4.99 Å². The van der Waals surface area contributed by atoms with Gasteiger partial charge >= 0.3 is 0 Å². The largest absolute Gasteiger partial charge is 0.334 e. The molecule has 1 aromatic heterocycles. The number of amides is 1. The lowest BCUT2D eigenvalue weighted by Gasteiger charge is -2.25. The number of para-hydroxylation sites is 1. The maximum absolute atomic E-state index is 13.1. The molecule has 0 fully saturated rings. The Morgan fingerprint density at radius 2 is 1.89 bits per heavy atom. The molecule has 0 spiro atoms. The molecule has 7 heteroatoms. The molecule has 28 heavy (non-hydrogen) atoms. The molecule has 0 bridgehead atoms. The summed E-state index contributed by atoms with van der Waals surface area (Å²) >= 11 is 1.29. The minimum atomic E-state index is -0.232. The first-order valence-corrected chi connectivity index (χ1v) is 10.0. The van der Waals surface area contributed by atoms with E-state index in [1.807, 2.05) is 24.3 Å². The van der Waals surface area contributed by atoms with Crippen LogP contribution in [0.3, 0.4) is 0 Å². The van der Waals surface area contributed by atoms with Crippen LogP contribution in [-0.4, -0.2) is 17.1 Å². The average molecular weight is 390 g/mol. The van der Waals surface area contributed by atoms with Crippen LogP contribution in [-0.2, 0) is 17.9 Å². The standard InChI is InChI=1S/C21H18N4O2S/c1-2-13-7-9-14(10-8-13)24-11-22-21-25(12-24)20(27)18(28-21)17-15-5-3-4-6-16(15)23-19(17)26/h3-10H,2,11-12H2,1H3,(H,23,26)/b18-17-. The van der Waals surface area contributed by atoms with Crippen molar-refractivity contribution in [2.45, 2.75) is 20.0 Å². The topological polar surface area (TPSA) is 66.7 Å². The predicted molar refractivity (Wildman–Crippen MR) is 110 cm³/mol. The lowest BCUT2D eigenvalue weighted by Crippen LogP contribution is -2.43. The molecule has 0 radical (unpaired) electrons. The van der Waals surface area contributed by atoms with Crippen LogP contribution in [0.4, 0.5) is 11.4 Å². The van der Waals surface area contributed by atoms with E-state index < -0.39 is 0 Å². The van der Waals surface area contributed by atoms with Gasteiger partial charge in [0.1, 0.15) is 17.9 Å².